The van der Waals surface area contributed by atoms with Crippen LogP contribution in [0.2, 0.25) is 0 Å². The molecule has 0 saturated carbocycles. The van der Waals surface area contributed by atoms with Gasteiger partial charge in [-0.15, -0.1) is 0 Å². The molecule has 2 aromatic carbocycles. The first-order valence-electron chi connectivity index (χ1n) is 10.7. The number of carbonyl (C=O) groups is 2. The van der Waals surface area contributed by atoms with Crippen LogP contribution in [0.4, 0.5) is 0 Å². The van der Waals surface area contributed by atoms with Gasteiger partial charge in [-0.2, -0.15) is 0 Å². The molecule has 1 fully saturated rings. The summed E-state index contributed by atoms with van der Waals surface area (Å²) in [5.74, 6) is 4.88. The lowest BCUT2D eigenvalue weighted by Gasteiger charge is -2.32. The van der Waals surface area contributed by atoms with E-state index in [9.17, 15) is 14.7 Å². The molecule has 0 aliphatic carbocycles. The summed E-state index contributed by atoms with van der Waals surface area (Å²) in [6.07, 6.45) is 2.14. The van der Waals surface area contributed by atoms with Gasteiger partial charge in [0.2, 0.25) is 5.91 Å². The number of likely N-dealkylation sites (tertiary alicyclic amines) is 1. The molecule has 166 valence electrons. The van der Waals surface area contributed by atoms with E-state index in [-0.39, 0.29) is 30.6 Å². The highest BCUT2D eigenvalue weighted by atomic mass is 16.4. The van der Waals surface area contributed by atoms with E-state index >= 15 is 0 Å². The topological polar surface area (TPSA) is 120 Å². The third kappa shape index (κ3) is 6.88. The quantitative estimate of drug-likeness (QED) is 0.317. The molecule has 1 saturated heterocycles. The third-order valence-corrected chi connectivity index (χ3v) is 5.49. The largest absolute Gasteiger partial charge is 0.480 e. The van der Waals surface area contributed by atoms with Crippen LogP contribution in [0.1, 0.15) is 36.0 Å². The van der Waals surface area contributed by atoms with Crippen LogP contribution in [0.15, 0.2) is 54.6 Å². The maximum Gasteiger partial charge on any atom is 0.326 e. The van der Waals surface area contributed by atoms with E-state index in [1.54, 1.807) is 4.90 Å². The fraction of sp³-hybridized carbons (Fsp3) is 0.320. The molecule has 7 heteroatoms. The maximum absolute atomic E-state index is 12.5. The van der Waals surface area contributed by atoms with Crippen LogP contribution < -0.4 is 11.1 Å². The van der Waals surface area contributed by atoms with Gasteiger partial charge in [-0.1, -0.05) is 42.2 Å². The van der Waals surface area contributed by atoms with Crippen molar-refractivity contribution in [3.05, 3.63) is 71.3 Å². The number of nitrogens with one attached hydrogen (secondary N) is 2. The van der Waals surface area contributed by atoms with Gasteiger partial charge in [-0.3, -0.25) is 10.2 Å². The molecule has 3 rings (SSSR count). The van der Waals surface area contributed by atoms with Crippen LogP contribution in [0, 0.1) is 23.2 Å². The van der Waals surface area contributed by atoms with Crippen molar-refractivity contribution in [2.45, 2.75) is 31.7 Å². The van der Waals surface area contributed by atoms with Crippen molar-refractivity contribution >= 4 is 17.8 Å². The minimum Gasteiger partial charge on any atom is -0.480 e. The molecule has 0 bridgehead atoms. The second-order valence-electron chi connectivity index (χ2n) is 8.02. The number of carboxylic acids is 1. The van der Waals surface area contributed by atoms with Gasteiger partial charge in [-0.05, 0) is 48.6 Å². The van der Waals surface area contributed by atoms with Gasteiger partial charge in [0.1, 0.15) is 6.04 Å². The molecule has 0 unspecified atom stereocenters. The van der Waals surface area contributed by atoms with Crippen LogP contribution in [-0.4, -0.2) is 47.0 Å². The Balaban J connectivity index is 1.55. The first kappa shape index (κ1) is 22.9. The number of rotatable bonds is 6. The molecule has 7 nitrogen and oxygen atoms in total. The van der Waals surface area contributed by atoms with Gasteiger partial charge >= 0.3 is 5.97 Å². The number of benzene rings is 2. The van der Waals surface area contributed by atoms with Crippen LogP contribution >= 0.6 is 0 Å². The fourth-order valence-electron chi connectivity index (χ4n) is 3.79. The molecule has 0 radical (unpaired) electrons. The molecule has 5 N–H and O–H groups in total. The summed E-state index contributed by atoms with van der Waals surface area (Å²) in [4.78, 5) is 25.9. The van der Waals surface area contributed by atoms with Gasteiger partial charge in [0.05, 0.1) is 0 Å². The first-order valence-corrected chi connectivity index (χ1v) is 10.7. The van der Waals surface area contributed by atoms with E-state index < -0.39 is 12.0 Å². The molecule has 0 aromatic heterocycles. The monoisotopic (exact) mass is 432 g/mol. The Hall–Kier alpha value is -3.79. The fourth-order valence-corrected chi connectivity index (χ4v) is 3.79. The number of nitrogens with two attached hydrogens (primary N) is 1. The van der Waals surface area contributed by atoms with Crippen LogP contribution in [0.3, 0.4) is 0 Å². The third-order valence-electron chi connectivity index (χ3n) is 5.49. The van der Waals surface area contributed by atoms with Gasteiger partial charge in [-0.25, -0.2) is 4.79 Å². The van der Waals surface area contributed by atoms with Crippen molar-refractivity contribution < 1.29 is 14.7 Å². The van der Waals surface area contributed by atoms with E-state index in [0.717, 1.165) is 36.1 Å². The van der Waals surface area contributed by atoms with Crippen molar-refractivity contribution in [1.82, 2.24) is 10.2 Å². The second kappa shape index (κ2) is 11.0. The van der Waals surface area contributed by atoms with Gasteiger partial charge < -0.3 is 21.1 Å². The Labute approximate surface area is 188 Å². The lowest BCUT2D eigenvalue weighted by atomic mass is 9.94. The molecular formula is C25H28N4O3. The minimum absolute atomic E-state index is 0.00965. The van der Waals surface area contributed by atoms with Crippen molar-refractivity contribution in [3.63, 3.8) is 0 Å². The zero-order valence-corrected chi connectivity index (χ0v) is 17.9. The number of hydrogen-bond acceptors (Lipinski definition) is 3. The Morgan fingerprint density at radius 1 is 1.12 bits per heavy atom. The lowest BCUT2D eigenvalue weighted by Crippen LogP contribution is -2.46. The highest BCUT2D eigenvalue weighted by molar-refractivity contribution is 5.84. The number of hydrogen-bond donors (Lipinski definition) is 4. The average molecular weight is 433 g/mol. The Bertz CT molecular complexity index is 1010. The Kier molecular flexibility index (Phi) is 7.87. The molecule has 2 atom stereocenters. The van der Waals surface area contributed by atoms with Crippen molar-refractivity contribution in [1.29, 1.82) is 5.41 Å². The normalized spacial score (nSPS) is 16.4. The number of piperidine rings is 1. The summed E-state index contributed by atoms with van der Waals surface area (Å²) in [6.45, 7) is 1.27. The maximum atomic E-state index is 12.5. The summed E-state index contributed by atoms with van der Waals surface area (Å²) in [6, 6.07) is 16.0. The van der Waals surface area contributed by atoms with E-state index in [1.165, 1.54) is 0 Å². The molecule has 32 heavy (non-hydrogen) atoms. The summed E-state index contributed by atoms with van der Waals surface area (Å²) in [5.41, 5.74) is 8.12. The molecular weight excluding hydrogens is 404 g/mol. The van der Waals surface area contributed by atoms with Gasteiger partial charge in [0, 0.05) is 37.1 Å². The predicted octanol–water partition coefficient (Wildman–Crippen LogP) is 2.19. The van der Waals surface area contributed by atoms with E-state index in [2.05, 4.69) is 17.2 Å². The van der Waals surface area contributed by atoms with Crippen LogP contribution in [0.5, 0.6) is 0 Å². The number of carboxylic acid groups (broad SMARTS) is 1. The zero-order valence-electron chi connectivity index (χ0n) is 17.9. The summed E-state index contributed by atoms with van der Waals surface area (Å²) < 4.78 is 0. The zero-order chi connectivity index (χ0) is 22.9. The lowest BCUT2D eigenvalue weighted by molar-refractivity contribution is -0.142. The van der Waals surface area contributed by atoms with Crippen molar-refractivity contribution in [2.24, 2.45) is 11.7 Å². The highest BCUT2D eigenvalue weighted by Crippen LogP contribution is 2.19. The molecule has 2 aromatic rings. The molecule has 1 aliphatic heterocycles. The van der Waals surface area contributed by atoms with Crippen LogP contribution in [-0.2, 0) is 16.0 Å². The van der Waals surface area contributed by atoms with Gasteiger partial charge in [0.15, 0.2) is 5.96 Å². The minimum atomic E-state index is -1.07. The smallest absolute Gasteiger partial charge is 0.326 e. The molecule has 1 amide bonds. The van der Waals surface area contributed by atoms with Crippen LogP contribution in [0.25, 0.3) is 0 Å². The van der Waals surface area contributed by atoms with Crippen molar-refractivity contribution in [2.75, 3.05) is 13.1 Å². The van der Waals surface area contributed by atoms with Gasteiger partial charge in [0.25, 0.3) is 0 Å². The Morgan fingerprint density at radius 3 is 2.41 bits per heavy atom. The number of aliphatic carboxylic acids is 1. The molecule has 1 heterocycles. The number of carbonyl (C=O) groups excluding carboxylic acids is 1. The molecule has 0 spiro atoms. The summed E-state index contributed by atoms with van der Waals surface area (Å²) in [5, 5.41) is 19.8. The van der Waals surface area contributed by atoms with E-state index in [1.807, 2.05) is 54.6 Å². The summed E-state index contributed by atoms with van der Waals surface area (Å²) in [7, 11) is 0. The van der Waals surface area contributed by atoms with E-state index in [0.29, 0.717) is 6.54 Å². The first-order chi connectivity index (χ1) is 15.4. The standard InChI is InChI=1S/C25H28N4O3/c26-25(27)29-14-4-7-21(17-29)16-23(30)28-22(24(31)32)15-20-12-10-19(11-13-20)9-8-18-5-2-1-3-6-18/h1-3,5-6,10-13,21-22H,4,7,14-17H2,(H3,26,27)(H,28,30)(H,31,32)/t21-,22+/m1/s1. The number of guanidine groups is 1. The SMILES string of the molecule is N=C(N)N1CCC[C@H](CC(=O)N[C@@H](Cc2ccc(C#Cc3ccccc3)cc2)C(=O)O)C1. The highest BCUT2D eigenvalue weighted by Gasteiger charge is 2.26. The van der Waals surface area contributed by atoms with E-state index in [4.69, 9.17) is 11.1 Å². The molecule has 1 aliphatic rings. The predicted molar refractivity (Wildman–Crippen MR) is 123 cm³/mol. The van der Waals surface area contributed by atoms with Crippen molar-refractivity contribution in [3.8, 4) is 11.8 Å². The number of amides is 1. The summed E-state index contributed by atoms with van der Waals surface area (Å²) >= 11 is 0. The Morgan fingerprint density at radius 2 is 1.78 bits per heavy atom. The average Bonchev–Trinajstić information content (AvgIpc) is 2.79. The second-order valence-corrected chi connectivity index (χ2v) is 8.02. The number of nitrogens with zero attached hydrogens (tertiary/aromatic N) is 1.